The van der Waals surface area contributed by atoms with Gasteiger partial charge in [-0.1, -0.05) is 13.0 Å². The first kappa shape index (κ1) is 10.6. The van der Waals surface area contributed by atoms with Crippen molar-refractivity contribution in [1.82, 2.24) is 10.3 Å². The second-order valence-corrected chi connectivity index (χ2v) is 4.76. The van der Waals surface area contributed by atoms with Gasteiger partial charge in [-0.2, -0.15) is 0 Å². The van der Waals surface area contributed by atoms with E-state index < -0.39 is 0 Å². The van der Waals surface area contributed by atoms with Crippen molar-refractivity contribution in [2.24, 2.45) is 5.92 Å². The lowest BCUT2D eigenvalue weighted by Crippen LogP contribution is -2.29. The van der Waals surface area contributed by atoms with E-state index in [0.717, 1.165) is 11.6 Å². The molecule has 82 valence electrons. The molecule has 1 aromatic heterocycles. The maximum atomic E-state index is 4.38. The number of rotatable bonds is 3. The normalized spacial score (nSPS) is 27.9. The van der Waals surface area contributed by atoms with E-state index in [4.69, 9.17) is 0 Å². The third-order valence-corrected chi connectivity index (χ3v) is 3.31. The number of nitrogens with one attached hydrogen (secondary N) is 1. The van der Waals surface area contributed by atoms with E-state index in [1.165, 1.54) is 19.3 Å². The molecule has 0 bridgehead atoms. The fraction of sp³-hybridized carbons (Fsp3) is 0.615. The summed E-state index contributed by atoms with van der Waals surface area (Å²) < 4.78 is 0. The molecule has 15 heavy (non-hydrogen) atoms. The zero-order chi connectivity index (χ0) is 10.7. The molecular formula is C13H20N2. The Bertz CT molecular complexity index is 297. The zero-order valence-corrected chi connectivity index (χ0v) is 9.61. The first-order valence-corrected chi connectivity index (χ1v) is 5.92. The maximum absolute atomic E-state index is 4.38. The molecule has 1 fully saturated rings. The van der Waals surface area contributed by atoms with Crippen molar-refractivity contribution in [2.45, 2.75) is 45.2 Å². The Morgan fingerprint density at radius 1 is 1.40 bits per heavy atom. The molecule has 0 radical (unpaired) electrons. The maximum Gasteiger partial charge on any atom is 0.0570 e. The minimum Gasteiger partial charge on any atom is -0.306 e. The summed E-state index contributed by atoms with van der Waals surface area (Å²) in [7, 11) is 0. The lowest BCUT2D eigenvalue weighted by Gasteiger charge is -2.18. The molecular weight excluding hydrogens is 184 g/mol. The first-order chi connectivity index (χ1) is 7.25. The number of hydrogen-bond donors (Lipinski definition) is 1. The molecule has 2 nitrogen and oxygen atoms in total. The molecule has 1 N–H and O–H groups in total. The molecule has 1 aromatic rings. The van der Waals surface area contributed by atoms with Crippen LogP contribution in [0.2, 0.25) is 0 Å². The van der Waals surface area contributed by atoms with Gasteiger partial charge in [-0.15, -0.1) is 0 Å². The summed E-state index contributed by atoms with van der Waals surface area (Å²) in [5, 5.41) is 3.66. The SMILES string of the molecule is C[C@H]1CC[C@@H](N[C@@H](C)c2ccccn2)C1. The second-order valence-electron chi connectivity index (χ2n) is 4.76. The van der Waals surface area contributed by atoms with E-state index in [-0.39, 0.29) is 0 Å². The average Bonchev–Trinajstić information content (AvgIpc) is 2.65. The van der Waals surface area contributed by atoms with Gasteiger partial charge in [-0.3, -0.25) is 4.98 Å². The number of aromatic nitrogens is 1. The third kappa shape index (κ3) is 2.78. The van der Waals surface area contributed by atoms with Crippen LogP contribution in [0.3, 0.4) is 0 Å². The Hall–Kier alpha value is -0.890. The summed E-state index contributed by atoms with van der Waals surface area (Å²) in [5.41, 5.74) is 1.15. The van der Waals surface area contributed by atoms with Gasteiger partial charge in [0.05, 0.1) is 5.69 Å². The van der Waals surface area contributed by atoms with Gasteiger partial charge in [-0.25, -0.2) is 0 Å². The minimum absolute atomic E-state index is 0.376. The van der Waals surface area contributed by atoms with Gasteiger partial charge in [0.15, 0.2) is 0 Å². The Morgan fingerprint density at radius 2 is 2.27 bits per heavy atom. The highest BCUT2D eigenvalue weighted by molar-refractivity contribution is 5.08. The quantitative estimate of drug-likeness (QED) is 0.819. The molecule has 2 rings (SSSR count). The summed E-state index contributed by atoms with van der Waals surface area (Å²) >= 11 is 0. The van der Waals surface area contributed by atoms with Gasteiger partial charge in [0.1, 0.15) is 0 Å². The highest BCUT2D eigenvalue weighted by Crippen LogP contribution is 2.26. The summed E-state index contributed by atoms with van der Waals surface area (Å²) in [6.45, 7) is 4.54. The van der Waals surface area contributed by atoms with Crippen molar-refractivity contribution in [3.8, 4) is 0 Å². The number of hydrogen-bond acceptors (Lipinski definition) is 2. The lowest BCUT2D eigenvalue weighted by atomic mass is 10.1. The van der Waals surface area contributed by atoms with Crippen LogP contribution < -0.4 is 5.32 Å². The van der Waals surface area contributed by atoms with E-state index in [0.29, 0.717) is 12.1 Å². The highest BCUT2D eigenvalue weighted by Gasteiger charge is 2.22. The molecule has 0 aliphatic heterocycles. The predicted octanol–water partition coefficient (Wildman–Crippen LogP) is 2.92. The Balaban J connectivity index is 1.90. The lowest BCUT2D eigenvalue weighted by molar-refractivity contribution is 0.443. The largest absolute Gasteiger partial charge is 0.306 e. The topological polar surface area (TPSA) is 24.9 Å². The summed E-state index contributed by atoms with van der Waals surface area (Å²) in [6, 6.07) is 7.18. The summed E-state index contributed by atoms with van der Waals surface area (Å²) in [5.74, 6) is 0.887. The zero-order valence-electron chi connectivity index (χ0n) is 9.61. The van der Waals surface area contributed by atoms with Gasteiger partial charge >= 0.3 is 0 Å². The fourth-order valence-electron chi connectivity index (χ4n) is 2.43. The smallest absolute Gasteiger partial charge is 0.0570 e. The molecule has 1 aliphatic carbocycles. The first-order valence-electron chi connectivity index (χ1n) is 5.92. The minimum atomic E-state index is 0.376. The molecule has 0 amide bonds. The fourth-order valence-corrected chi connectivity index (χ4v) is 2.43. The Labute approximate surface area is 92.1 Å². The van der Waals surface area contributed by atoms with Crippen molar-refractivity contribution < 1.29 is 0 Å². The van der Waals surface area contributed by atoms with Crippen LogP contribution in [-0.4, -0.2) is 11.0 Å². The van der Waals surface area contributed by atoms with Gasteiger partial charge < -0.3 is 5.32 Å². The molecule has 1 heterocycles. The summed E-state index contributed by atoms with van der Waals surface area (Å²) in [6.07, 6.45) is 5.87. The highest BCUT2D eigenvalue weighted by atomic mass is 15.0. The molecule has 0 aromatic carbocycles. The van der Waals surface area contributed by atoms with Crippen molar-refractivity contribution in [3.63, 3.8) is 0 Å². The van der Waals surface area contributed by atoms with E-state index >= 15 is 0 Å². The molecule has 1 aliphatic rings. The molecule has 3 atom stereocenters. The van der Waals surface area contributed by atoms with Crippen LogP contribution >= 0.6 is 0 Å². The van der Waals surface area contributed by atoms with Crippen LogP contribution in [-0.2, 0) is 0 Å². The second kappa shape index (κ2) is 4.75. The van der Waals surface area contributed by atoms with Crippen molar-refractivity contribution in [2.75, 3.05) is 0 Å². The van der Waals surface area contributed by atoms with Crippen LogP contribution in [0.4, 0.5) is 0 Å². The molecule has 0 spiro atoms. The van der Waals surface area contributed by atoms with Crippen molar-refractivity contribution in [3.05, 3.63) is 30.1 Å². The van der Waals surface area contributed by atoms with Crippen LogP contribution in [0.15, 0.2) is 24.4 Å². The van der Waals surface area contributed by atoms with Crippen LogP contribution in [0.25, 0.3) is 0 Å². The van der Waals surface area contributed by atoms with Gasteiger partial charge in [0.2, 0.25) is 0 Å². The predicted molar refractivity (Wildman–Crippen MR) is 62.6 cm³/mol. The van der Waals surface area contributed by atoms with E-state index in [1.54, 1.807) is 0 Å². The monoisotopic (exact) mass is 204 g/mol. The molecule has 0 unspecified atom stereocenters. The Kier molecular flexibility index (Phi) is 3.37. The Morgan fingerprint density at radius 3 is 2.87 bits per heavy atom. The van der Waals surface area contributed by atoms with E-state index in [9.17, 15) is 0 Å². The van der Waals surface area contributed by atoms with E-state index in [2.05, 4.69) is 36.3 Å². The number of pyridine rings is 1. The van der Waals surface area contributed by atoms with Gasteiger partial charge in [-0.05, 0) is 44.2 Å². The summed E-state index contributed by atoms with van der Waals surface area (Å²) in [4.78, 5) is 4.38. The van der Waals surface area contributed by atoms with Crippen LogP contribution in [0, 0.1) is 5.92 Å². The number of nitrogens with zero attached hydrogens (tertiary/aromatic N) is 1. The molecule has 2 heteroatoms. The van der Waals surface area contributed by atoms with Gasteiger partial charge in [0, 0.05) is 18.3 Å². The molecule has 1 saturated carbocycles. The average molecular weight is 204 g/mol. The standard InChI is InChI=1S/C13H20N2/c1-10-6-7-12(9-10)15-11(2)13-5-3-4-8-14-13/h3-5,8,10-12,15H,6-7,9H2,1-2H3/t10-,11-,12+/m0/s1. The molecule has 0 saturated heterocycles. The third-order valence-electron chi connectivity index (χ3n) is 3.31. The van der Waals surface area contributed by atoms with E-state index in [1.807, 2.05) is 12.3 Å². The van der Waals surface area contributed by atoms with Crippen LogP contribution in [0.5, 0.6) is 0 Å². The van der Waals surface area contributed by atoms with Gasteiger partial charge in [0.25, 0.3) is 0 Å². The van der Waals surface area contributed by atoms with Crippen molar-refractivity contribution in [1.29, 1.82) is 0 Å². The van der Waals surface area contributed by atoms with Crippen molar-refractivity contribution >= 4 is 0 Å². The van der Waals surface area contributed by atoms with Crippen LogP contribution in [0.1, 0.15) is 44.8 Å².